The number of halogens is 1. The largest absolute Gasteiger partial charge is 0.344 e. The van der Waals surface area contributed by atoms with Crippen LogP contribution in [-0.4, -0.2) is 5.91 Å². The first kappa shape index (κ1) is 14.5. The van der Waals surface area contributed by atoms with Crippen LogP contribution < -0.4 is 5.32 Å². The highest BCUT2D eigenvalue weighted by Gasteiger charge is 2.28. The molecule has 0 saturated heterocycles. The molecule has 0 aliphatic heterocycles. The maximum atomic E-state index is 12.4. The van der Waals surface area contributed by atoms with Crippen LogP contribution in [0.15, 0.2) is 29.0 Å². The minimum Gasteiger partial charge on any atom is -0.344 e. The van der Waals surface area contributed by atoms with Gasteiger partial charge in [0.15, 0.2) is 0 Å². The Morgan fingerprint density at radius 2 is 2.15 bits per heavy atom. The molecule has 1 aliphatic rings. The fraction of sp³-hybridized carbons (Fsp3) is 0.400. The Labute approximate surface area is 140 Å². The summed E-state index contributed by atoms with van der Waals surface area (Å²) in [4.78, 5) is 13.7. The molecule has 2 aromatic rings. The molecule has 2 heterocycles. The summed E-state index contributed by atoms with van der Waals surface area (Å²) < 4.78 is 1.15. The van der Waals surface area contributed by atoms with E-state index in [0.717, 1.165) is 8.45 Å². The van der Waals surface area contributed by atoms with Crippen molar-refractivity contribution in [2.24, 2.45) is 5.92 Å². The molecule has 2 nitrogen and oxygen atoms in total. The first-order valence-corrected chi connectivity index (χ1v) is 9.66. The molecule has 0 radical (unpaired) electrons. The van der Waals surface area contributed by atoms with Gasteiger partial charge >= 0.3 is 0 Å². The monoisotopic (exact) mass is 417 g/mol. The average Bonchev–Trinajstić information content (AvgIpc) is 3.17. The van der Waals surface area contributed by atoms with E-state index in [-0.39, 0.29) is 11.9 Å². The van der Waals surface area contributed by atoms with Crippen LogP contribution in [0.4, 0.5) is 0 Å². The summed E-state index contributed by atoms with van der Waals surface area (Å²) in [7, 11) is 0. The zero-order valence-corrected chi connectivity index (χ0v) is 14.8. The van der Waals surface area contributed by atoms with Gasteiger partial charge in [0.25, 0.3) is 5.91 Å². The van der Waals surface area contributed by atoms with Crippen LogP contribution in [-0.2, 0) is 0 Å². The predicted octanol–water partition coefficient (Wildman–Crippen LogP) is 5.08. The van der Waals surface area contributed by atoms with E-state index in [4.69, 9.17) is 0 Å². The zero-order valence-electron chi connectivity index (χ0n) is 11.0. The van der Waals surface area contributed by atoms with E-state index < -0.39 is 0 Å². The Kier molecular flexibility index (Phi) is 4.78. The summed E-state index contributed by atoms with van der Waals surface area (Å²) in [5, 5.41) is 7.30. The van der Waals surface area contributed by atoms with Gasteiger partial charge in [-0.25, -0.2) is 0 Å². The number of nitrogens with one attached hydrogen (secondary N) is 1. The first-order valence-electron chi connectivity index (χ1n) is 6.82. The van der Waals surface area contributed by atoms with Gasteiger partial charge in [0.05, 0.1) is 14.5 Å². The van der Waals surface area contributed by atoms with E-state index in [1.54, 1.807) is 22.7 Å². The molecule has 2 aromatic heterocycles. The van der Waals surface area contributed by atoms with Crippen LogP contribution >= 0.6 is 45.3 Å². The predicted molar refractivity (Wildman–Crippen MR) is 93.5 cm³/mol. The molecule has 1 atom stereocenters. The van der Waals surface area contributed by atoms with Crippen LogP contribution in [0, 0.1) is 8.80 Å². The van der Waals surface area contributed by atoms with Gasteiger partial charge in [-0.05, 0) is 58.9 Å². The van der Waals surface area contributed by atoms with Gasteiger partial charge < -0.3 is 5.32 Å². The minimum atomic E-state index is 0.0643. The topological polar surface area (TPSA) is 29.1 Å². The molecule has 1 N–H and O–H groups in total. The lowest BCUT2D eigenvalue weighted by Gasteiger charge is -2.23. The Hall–Kier alpha value is -0.400. The molecule has 1 fully saturated rings. The van der Waals surface area contributed by atoms with Crippen molar-refractivity contribution in [2.75, 3.05) is 0 Å². The van der Waals surface area contributed by atoms with Crippen LogP contribution in [0.1, 0.15) is 47.0 Å². The normalized spacial score (nSPS) is 17.2. The molecular weight excluding hydrogens is 401 g/mol. The van der Waals surface area contributed by atoms with Crippen molar-refractivity contribution in [1.82, 2.24) is 5.32 Å². The summed E-state index contributed by atoms with van der Waals surface area (Å²) in [5.74, 6) is 0.657. The van der Waals surface area contributed by atoms with Crippen molar-refractivity contribution in [3.63, 3.8) is 0 Å². The summed E-state index contributed by atoms with van der Waals surface area (Å²) in [6.07, 6.45) is 5.03. The number of hydrogen-bond donors (Lipinski definition) is 1. The SMILES string of the molecule is O=C(NC(c1cccs1)C1CCCC1)c1csc(I)c1. The van der Waals surface area contributed by atoms with Gasteiger partial charge in [0, 0.05) is 10.3 Å². The molecule has 0 aromatic carbocycles. The second-order valence-electron chi connectivity index (χ2n) is 5.15. The number of thiophene rings is 2. The van der Waals surface area contributed by atoms with Crippen molar-refractivity contribution in [3.8, 4) is 0 Å². The molecule has 1 amide bonds. The van der Waals surface area contributed by atoms with Crippen molar-refractivity contribution >= 4 is 51.2 Å². The third-order valence-corrected chi connectivity index (χ3v) is 6.58. The second kappa shape index (κ2) is 6.58. The van der Waals surface area contributed by atoms with Gasteiger partial charge in [-0.2, -0.15) is 0 Å². The Balaban J connectivity index is 1.77. The molecule has 0 spiro atoms. The van der Waals surface area contributed by atoms with Crippen molar-refractivity contribution in [3.05, 3.63) is 42.3 Å². The van der Waals surface area contributed by atoms with E-state index in [9.17, 15) is 4.79 Å². The molecule has 20 heavy (non-hydrogen) atoms. The molecular formula is C15H16INOS2. The van der Waals surface area contributed by atoms with Crippen LogP contribution in [0.2, 0.25) is 0 Å². The molecule has 1 saturated carbocycles. The van der Waals surface area contributed by atoms with Crippen LogP contribution in [0.5, 0.6) is 0 Å². The maximum Gasteiger partial charge on any atom is 0.252 e. The molecule has 0 bridgehead atoms. The molecule has 3 rings (SSSR count). The number of carbonyl (C=O) groups excluding carboxylic acids is 1. The Morgan fingerprint density at radius 3 is 2.75 bits per heavy atom. The molecule has 1 aliphatic carbocycles. The van der Waals surface area contributed by atoms with E-state index in [2.05, 4.69) is 45.4 Å². The van der Waals surface area contributed by atoms with Crippen molar-refractivity contribution < 1.29 is 4.79 Å². The van der Waals surface area contributed by atoms with E-state index in [1.807, 2.05) is 11.4 Å². The highest BCUT2D eigenvalue weighted by molar-refractivity contribution is 14.1. The lowest BCUT2D eigenvalue weighted by atomic mass is 9.96. The van der Waals surface area contributed by atoms with E-state index in [1.165, 1.54) is 30.6 Å². The summed E-state index contributed by atoms with van der Waals surface area (Å²) >= 11 is 5.62. The summed E-state index contributed by atoms with van der Waals surface area (Å²) in [6.45, 7) is 0. The Morgan fingerprint density at radius 1 is 1.35 bits per heavy atom. The fourth-order valence-electron chi connectivity index (χ4n) is 2.83. The van der Waals surface area contributed by atoms with Crippen molar-refractivity contribution in [1.29, 1.82) is 0 Å². The summed E-state index contributed by atoms with van der Waals surface area (Å²) in [6, 6.07) is 6.36. The number of hydrogen-bond acceptors (Lipinski definition) is 3. The standard InChI is InChI=1S/C15H16INOS2/c16-13-8-11(9-20-13)15(18)17-14(10-4-1-2-5-10)12-6-3-7-19-12/h3,6-10,14H,1-2,4-5H2,(H,17,18). The third kappa shape index (κ3) is 3.26. The minimum absolute atomic E-state index is 0.0643. The van der Waals surface area contributed by atoms with Gasteiger partial charge in [-0.15, -0.1) is 22.7 Å². The highest BCUT2D eigenvalue weighted by atomic mass is 127. The van der Waals surface area contributed by atoms with Gasteiger partial charge in [0.2, 0.25) is 0 Å². The zero-order chi connectivity index (χ0) is 13.9. The lowest BCUT2D eigenvalue weighted by molar-refractivity contribution is 0.0923. The Bertz CT molecular complexity index is 572. The van der Waals surface area contributed by atoms with Crippen LogP contribution in [0.25, 0.3) is 0 Å². The summed E-state index contributed by atoms with van der Waals surface area (Å²) in [5.41, 5.74) is 0.791. The number of carbonyl (C=O) groups is 1. The van der Waals surface area contributed by atoms with Gasteiger partial charge in [0.1, 0.15) is 0 Å². The highest BCUT2D eigenvalue weighted by Crippen LogP contribution is 2.37. The van der Waals surface area contributed by atoms with Crippen LogP contribution in [0.3, 0.4) is 0 Å². The number of amides is 1. The quantitative estimate of drug-likeness (QED) is 0.692. The smallest absolute Gasteiger partial charge is 0.252 e. The lowest BCUT2D eigenvalue weighted by Crippen LogP contribution is -2.32. The fourth-order valence-corrected chi connectivity index (χ4v) is 5.03. The van der Waals surface area contributed by atoms with Crippen molar-refractivity contribution in [2.45, 2.75) is 31.7 Å². The molecule has 1 unspecified atom stereocenters. The van der Waals surface area contributed by atoms with Gasteiger partial charge in [-0.1, -0.05) is 18.9 Å². The third-order valence-electron chi connectivity index (χ3n) is 3.84. The second-order valence-corrected chi connectivity index (χ2v) is 8.94. The maximum absolute atomic E-state index is 12.4. The first-order chi connectivity index (χ1) is 9.74. The van der Waals surface area contributed by atoms with E-state index >= 15 is 0 Å². The van der Waals surface area contributed by atoms with E-state index in [0.29, 0.717) is 5.92 Å². The molecule has 106 valence electrons. The van der Waals surface area contributed by atoms with Gasteiger partial charge in [-0.3, -0.25) is 4.79 Å². The average molecular weight is 417 g/mol. The number of rotatable bonds is 4. The molecule has 5 heteroatoms.